The molecule has 0 aromatic heterocycles. The van der Waals surface area contributed by atoms with Gasteiger partial charge in [-0.15, -0.1) is 0 Å². The highest BCUT2D eigenvalue weighted by Crippen LogP contribution is 2.34. The number of hydrogen-bond donors (Lipinski definition) is 3. The molecule has 1 fully saturated rings. The second-order valence-corrected chi connectivity index (χ2v) is 8.44. The second kappa shape index (κ2) is 7.63. The van der Waals surface area contributed by atoms with E-state index in [1.165, 1.54) is 32.4 Å². The Bertz CT molecular complexity index is 807. The molecule has 1 aromatic carbocycles. The van der Waals surface area contributed by atoms with Crippen molar-refractivity contribution in [3.63, 3.8) is 0 Å². The number of carbonyl (C=O) groups excluding carboxylic acids is 1. The van der Waals surface area contributed by atoms with Crippen molar-refractivity contribution in [3.05, 3.63) is 23.8 Å². The summed E-state index contributed by atoms with van der Waals surface area (Å²) >= 11 is 0. The third-order valence-corrected chi connectivity index (χ3v) is 6.32. The first-order chi connectivity index (χ1) is 12.1. The van der Waals surface area contributed by atoms with Crippen molar-refractivity contribution in [1.82, 2.24) is 10.0 Å². The molecule has 2 atom stereocenters. The van der Waals surface area contributed by atoms with Crippen molar-refractivity contribution in [2.45, 2.75) is 43.0 Å². The summed E-state index contributed by atoms with van der Waals surface area (Å²) in [7, 11) is -1.22. The molecule has 0 radical (unpaired) electrons. The van der Waals surface area contributed by atoms with E-state index in [0.29, 0.717) is 12.8 Å². The summed E-state index contributed by atoms with van der Waals surface area (Å²) in [4.78, 5) is 24.1. The van der Waals surface area contributed by atoms with E-state index in [1.807, 2.05) is 0 Å². The first kappa shape index (κ1) is 20.2. The number of amides is 1. The van der Waals surface area contributed by atoms with Gasteiger partial charge >= 0.3 is 5.97 Å². The molecule has 1 aromatic rings. The van der Waals surface area contributed by atoms with Crippen LogP contribution >= 0.6 is 0 Å². The smallest absolute Gasteiger partial charge is 0.308 e. The predicted molar refractivity (Wildman–Crippen MR) is 94.7 cm³/mol. The van der Waals surface area contributed by atoms with Gasteiger partial charge in [0.15, 0.2) is 0 Å². The van der Waals surface area contributed by atoms with E-state index in [0.717, 1.165) is 12.8 Å². The summed E-state index contributed by atoms with van der Waals surface area (Å²) in [6, 6.07) is 4.07. The molecule has 0 heterocycles. The molecular weight excluding hydrogens is 360 g/mol. The summed E-state index contributed by atoms with van der Waals surface area (Å²) in [6.07, 6.45) is 2.67. The molecule has 0 saturated heterocycles. The highest BCUT2D eigenvalue weighted by molar-refractivity contribution is 7.89. The molecule has 1 amide bonds. The number of sulfonamides is 1. The topological polar surface area (TPSA) is 122 Å². The third-order valence-electron chi connectivity index (χ3n) is 4.89. The Hall–Kier alpha value is -2.13. The van der Waals surface area contributed by atoms with Crippen molar-refractivity contribution < 1.29 is 27.9 Å². The monoisotopic (exact) mass is 384 g/mol. The van der Waals surface area contributed by atoms with Crippen LogP contribution in [-0.4, -0.2) is 45.1 Å². The lowest BCUT2D eigenvalue weighted by Gasteiger charge is -2.39. The summed E-state index contributed by atoms with van der Waals surface area (Å²) in [5.41, 5.74) is -0.765. The number of benzene rings is 1. The summed E-state index contributed by atoms with van der Waals surface area (Å²) in [6.45, 7) is 1.72. The summed E-state index contributed by atoms with van der Waals surface area (Å²) in [5.74, 6) is -2.03. The van der Waals surface area contributed by atoms with E-state index in [1.54, 1.807) is 6.92 Å². The maximum absolute atomic E-state index is 12.7. The Balaban J connectivity index is 2.35. The van der Waals surface area contributed by atoms with Gasteiger partial charge in [-0.05, 0) is 45.0 Å². The molecule has 2 unspecified atom stereocenters. The van der Waals surface area contributed by atoms with E-state index >= 15 is 0 Å². The molecule has 0 spiro atoms. The fourth-order valence-electron chi connectivity index (χ4n) is 3.35. The van der Waals surface area contributed by atoms with Crippen LogP contribution in [-0.2, 0) is 14.8 Å². The standard InChI is InChI=1S/C17H24N2O6S/c1-17(9-5-4-6-12(17)16(21)22)19-15(20)11-7-8-13(25-3)14(10-11)26(23,24)18-2/h7-8,10,12,18H,4-6,9H2,1-3H3,(H,19,20)(H,21,22). The number of carboxylic acid groups (broad SMARTS) is 1. The van der Waals surface area contributed by atoms with Gasteiger partial charge in [-0.3, -0.25) is 9.59 Å². The van der Waals surface area contributed by atoms with Crippen LogP contribution in [0.3, 0.4) is 0 Å². The number of aliphatic carboxylic acids is 1. The Labute approximate surface area is 153 Å². The van der Waals surface area contributed by atoms with Crippen molar-refractivity contribution in [3.8, 4) is 5.75 Å². The second-order valence-electron chi connectivity index (χ2n) is 6.58. The molecule has 1 aliphatic carbocycles. The summed E-state index contributed by atoms with van der Waals surface area (Å²) < 4.78 is 31.5. The molecule has 3 N–H and O–H groups in total. The van der Waals surface area contributed by atoms with Crippen LogP contribution < -0.4 is 14.8 Å². The fourth-order valence-corrected chi connectivity index (χ4v) is 4.27. The van der Waals surface area contributed by atoms with Crippen LogP contribution in [0.15, 0.2) is 23.1 Å². The minimum absolute atomic E-state index is 0.114. The van der Waals surface area contributed by atoms with Crippen LogP contribution in [0.5, 0.6) is 5.75 Å². The van der Waals surface area contributed by atoms with Crippen LogP contribution in [0.2, 0.25) is 0 Å². The van der Waals surface area contributed by atoms with Gasteiger partial charge in [-0.1, -0.05) is 12.8 Å². The number of rotatable bonds is 6. The average Bonchev–Trinajstić information content (AvgIpc) is 2.60. The van der Waals surface area contributed by atoms with Crippen molar-refractivity contribution in [2.24, 2.45) is 5.92 Å². The van der Waals surface area contributed by atoms with Crippen LogP contribution in [0.1, 0.15) is 43.0 Å². The Morgan fingerprint density at radius 3 is 2.58 bits per heavy atom. The lowest BCUT2D eigenvalue weighted by Crippen LogP contribution is -2.55. The zero-order valence-electron chi connectivity index (χ0n) is 15.0. The highest BCUT2D eigenvalue weighted by Gasteiger charge is 2.42. The zero-order chi connectivity index (χ0) is 19.5. The Morgan fingerprint density at radius 1 is 1.31 bits per heavy atom. The van der Waals surface area contributed by atoms with E-state index in [2.05, 4.69) is 10.0 Å². The molecule has 2 rings (SSSR count). The van der Waals surface area contributed by atoms with E-state index in [9.17, 15) is 23.1 Å². The fraction of sp³-hybridized carbons (Fsp3) is 0.529. The number of hydrogen-bond acceptors (Lipinski definition) is 5. The minimum Gasteiger partial charge on any atom is -0.495 e. The highest BCUT2D eigenvalue weighted by atomic mass is 32.2. The molecule has 26 heavy (non-hydrogen) atoms. The van der Waals surface area contributed by atoms with Crippen molar-refractivity contribution in [1.29, 1.82) is 0 Å². The van der Waals surface area contributed by atoms with Gasteiger partial charge in [-0.25, -0.2) is 13.1 Å². The first-order valence-electron chi connectivity index (χ1n) is 8.31. The molecule has 144 valence electrons. The first-order valence-corrected chi connectivity index (χ1v) is 9.80. The van der Waals surface area contributed by atoms with Gasteiger partial charge in [-0.2, -0.15) is 0 Å². The normalized spacial score (nSPS) is 23.3. The quantitative estimate of drug-likeness (QED) is 0.681. The molecule has 0 bridgehead atoms. The SMILES string of the molecule is CNS(=O)(=O)c1cc(C(=O)NC2(C)CCCCC2C(=O)O)ccc1OC. The van der Waals surface area contributed by atoms with Crippen LogP contribution in [0, 0.1) is 5.92 Å². The molecule has 8 nitrogen and oxygen atoms in total. The van der Waals surface area contributed by atoms with Crippen LogP contribution in [0.4, 0.5) is 0 Å². The van der Waals surface area contributed by atoms with Gasteiger partial charge < -0.3 is 15.2 Å². The van der Waals surface area contributed by atoms with E-state index < -0.39 is 33.4 Å². The average molecular weight is 384 g/mol. The largest absolute Gasteiger partial charge is 0.495 e. The number of carboxylic acids is 1. The third kappa shape index (κ3) is 3.99. The maximum Gasteiger partial charge on any atom is 0.308 e. The number of methoxy groups -OCH3 is 1. The predicted octanol–water partition coefficient (Wildman–Crippen LogP) is 1.37. The Kier molecular flexibility index (Phi) is 5.92. The lowest BCUT2D eigenvalue weighted by atomic mass is 9.73. The number of nitrogens with one attached hydrogen (secondary N) is 2. The maximum atomic E-state index is 12.7. The lowest BCUT2D eigenvalue weighted by molar-refractivity contribution is -0.145. The van der Waals surface area contributed by atoms with Crippen molar-refractivity contribution in [2.75, 3.05) is 14.2 Å². The van der Waals surface area contributed by atoms with Crippen LogP contribution in [0.25, 0.3) is 0 Å². The zero-order valence-corrected chi connectivity index (χ0v) is 15.9. The molecule has 1 aliphatic rings. The molecule has 1 saturated carbocycles. The van der Waals surface area contributed by atoms with E-state index in [-0.39, 0.29) is 16.2 Å². The van der Waals surface area contributed by atoms with Gasteiger partial charge in [0, 0.05) is 5.56 Å². The van der Waals surface area contributed by atoms with Gasteiger partial charge in [0.25, 0.3) is 5.91 Å². The van der Waals surface area contributed by atoms with Gasteiger partial charge in [0.05, 0.1) is 18.6 Å². The van der Waals surface area contributed by atoms with Gasteiger partial charge in [0.2, 0.25) is 10.0 Å². The molecular formula is C17H24N2O6S. The van der Waals surface area contributed by atoms with Gasteiger partial charge in [0.1, 0.15) is 10.6 Å². The minimum atomic E-state index is -3.82. The molecule has 9 heteroatoms. The number of ether oxygens (including phenoxy) is 1. The number of carbonyl (C=O) groups is 2. The van der Waals surface area contributed by atoms with Crippen molar-refractivity contribution >= 4 is 21.9 Å². The van der Waals surface area contributed by atoms with E-state index in [4.69, 9.17) is 4.74 Å². The summed E-state index contributed by atoms with van der Waals surface area (Å²) in [5, 5.41) is 12.3. The Morgan fingerprint density at radius 2 is 2.00 bits per heavy atom. The molecule has 0 aliphatic heterocycles.